The molecule has 0 fully saturated rings. The third-order valence-electron chi connectivity index (χ3n) is 5.61. The number of anilines is 3. The maximum Gasteiger partial charge on any atom is 0.289 e. The first kappa shape index (κ1) is 23.8. The summed E-state index contributed by atoms with van der Waals surface area (Å²) in [5, 5.41) is 20.7. The Morgan fingerprint density at radius 3 is 2.42 bits per heavy atom. The molecule has 0 aliphatic carbocycles. The topological polar surface area (TPSA) is 108 Å². The van der Waals surface area contributed by atoms with E-state index in [-0.39, 0.29) is 28.6 Å². The molecule has 0 bridgehead atoms. The summed E-state index contributed by atoms with van der Waals surface area (Å²) in [4.78, 5) is 20.2. The van der Waals surface area contributed by atoms with E-state index in [1.807, 2.05) is 60.7 Å². The Labute approximate surface area is 221 Å². The molecule has 9 heteroatoms. The van der Waals surface area contributed by atoms with Crippen molar-refractivity contribution in [2.75, 3.05) is 16.4 Å². The van der Waals surface area contributed by atoms with Gasteiger partial charge in [-0.3, -0.25) is 15.4 Å². The van der Waals surface area contributed by atoms with Crippen LogP contribution >= 0.6 is 35.1 Å². The van der Waals surface area contributed by atoms with E-state index < -0.39 is 0 Å². The summed E-state index contributed by atoms with van der Waals surface area (Å²) in [7, 11) is 0. The van der Waals surface area contributed by atoms with Crippen LogP contribution in [0.5, 0.6) is 0 Å². The predicted octanol–water partition coefficient (Wildman–Crippen LogP) is 6.07. The number of pyridine rings is 1. The number of benzene rings is 3. The Morgan fingerprint density at radius 2 is 1.67 bits per heavy atom. The van der Waals surface area contributed by atoms with Gasteiger partial charge in [-0.15, -0.1) is 0 Å². The van der Waals surface area contributed by atoms with Crippen molar-refractivity contribution in [1.82, 2.24) is 0 Å². The van der Waals surface area contributed by atoms with E-state index in [9.17, 15) is 15.3 Å². The number of rotatable bonds is 4. The van der Waals surface area contributed by atoms with Crippen LogP contribution in [0, 0.1) is 22.7 Å². The van der Waals surface area contributed by atoms with Crippen LogP contribution in [0.4, 0.5) is 17.2 Å². The van der Waals surface area contributed by atoms with Gasteiger partial charge in [0, 0.05) is 20.4 Å². The van der Waals surface area contributed by atoms with E-state index in [1.54, 1.807) is 28.8 Å². The van der Waals surface area contributed by atoms with Gasteiger partial charge in [0.15, 0.2) is 5.03 Å². The van der Waals surface area contributed by atoms with E-state index in [2.05, 4.69) is 17.1 Å². The quantitative estimate of drug-likeness (QED) is 0.323. The fraction of sp³-hybridized carbons (Fsp3) is 0.0370. The standard InChI is InChI=1S/C27H16ClN5OS2/c28-17-10-11-23-21(12-17)33(20-8-4-5-9-22(20)36-23)24(34)15-35-27-19(14-30)25(16-6-2-1-3-7-16)18(13-29)26(31)32-27/h1-12H,15H2,(H2,31,32)/p+1. The molecule has 2 heterocycles. The average Bonchev–Trinajstić information content (AvgIpc) is 2.90. The highest BCUT2D eigenvalue weighted by Crippen LogP contribution is 2.49. The minimum absolute atomic E-state index is 0.0235. The second-order valence-corrected chi connectivity index (χ2v) is 10.3. The van der Waals surface area contributed by atoms with E-state index in [0.717, 1.165) is 15.5 Å². The summed E-state index contributed by atoms with van der Waals surface area (Å²) in [6, 6.07) is 26.6. The van der Waals surface area contributed by atoms with E-state index >= 15 is 0 Å². The molecule has 1 aliphatic rings. The molecule has 0 unspecified atom stereocenters. The van der Waals surface area contributed by atoms with Crippen molar-refractivity contribution in [3.8, 4) is 23.3 Å². The number of amides is 1. The second kappa shape index (κ2) is 9.96. The Kier molecular flexibility index (Phi) is 6.58. The number of aromatic nitrogens is 1. The van der Waals surface area contributed by atoms with Crippen molar-refractivity contribution < 1.29 is 9.78 Å². The molecule has 174 valence electrons. The molecule has 0 atom stereocenters. The number of carbonyl (C=O) groups is 1. The fourth-order valence-corrected chi connectivity index (χ4v) is 6.12. The van der Waals surface area contributed by atoms with E-state index in [1.165, 1.54) is 11.8 Å². The Hall–Kier alpha value is -3.95. The third kappa shape index (κ3) is 4.27. The zero-order valence-corrected chi connectivity index (χ0v) is 21.0. The van der Waals surface area contributed by atoms with Crippen LogP contribution in [0.25, 0.3) is 11.1 Å². The fourth-order valence-electron chi connectivity index (χ4n) is 4.04. The molecule has 0 saturated heterocycles. The van der Waals surface area contributed by atoms with E-state index in [0.29, 0.717) is 26.9 Å². The van der Waals surface area contributed by atoms with Crippen LogP contribution in [-0.4, -0.2) is 11.7 Å². The largest absolute Gasteiger partial charge is 0.289 e. The van der Waals surface area contributed by atoms with Gasteiger partial charge in [0.1, 0.15) is 23.3 Å². The molecule has 6 nitrogen and oxygen atoms in total. The minimum Gasteiger partial charge on any atom is -0.286 e. The van der Waals surface area contributed by atoms with E-state index in [4.69, 9.17) is 17.3 Å². The second-order valence-electron chi connectivity index (χ2n) is 7.78. The monoisotopic (exact) mass is 526 g/mol. The number of halogens is 1. The number of fused-ring (bicyclic) bond motifs is 2. The maximum atomic E-state index is 13.6. The molecule has 36 heavy (non-hydrogen) atoms. The highest BCUT2D eigenvalue weighted by atomic mass is 35.5. The zero-order valence-electron chi connectivity index (χ0n) is 18.7. The number of nitrogens with two attached hydrogens (primary N) is 1. The summed E-state index contributed by atoms with van der Waals surface area (Å²) in [5.74, 6) is -0.0182. The number of H-pyrrole nitrogens is 1. The van der Waals surface area contributed by atoms with Gasteiger partial charge in [0.2, 0.25) is 5.91 Å². The predicted molar refractivity (Wildman–Crippen MR) is 142 cm³/mol. The molecule has 4 aromatic rings. The zero-order chi connectivity index (χ0) is 25.2. The number of aromatic amines is 1. The lowest BCUT2D eigenvalue weighted by molar-refractivity contribution is -0.410. The van der Waals surface area contributed by atoms with Crippen molar-refractivity contribution in [1.29, 1.82) is 10.5 Å². The Bertz CT molecular complexity index is 1590. The normalized spacial score (nSPS) is 11.7. The van der Waals surface area contributed by atoms with Crippen LogP contribution in [0.1, 0.15) is 11.1 Å². The lowest BCUT2D eigenvalue weighted by Crippen LogP contribution is -2.30. The first-order valence-electron chi connectivity index (χ1n) is 10.8. The Balaban J connectivity index is 1.53. The molecular weight excluding hydrogens is 510 g/mol. The smallest absolute Gasteiger partial charge is 0.286 e. The number of carbonyl (C=O) groups excluding carboxylic acids is 1. The number of nitrogen functional groups attached to an aromatic ring is 1. The molecule has 1 amide bonds. The molecule has 5 rings (SSSR count). The number of thioether (sulfide) groups is 1. The average molecular weight is 527 g/mol. The van der Waals surface area contributed by atoms with Crippen molar-refractivity contribution in [2.24, 2.45) is 0 Å². The van der Waals surface area contributed by atoms with Crippen LogP contribution in [-0.2, 0) is 4.79 Å². The van der Waals surface area contributed by atoms with Gasteiger partial charge >= 0.3 is 0 Å². The third-order valence-corrected chi connectivity index (χ3v) is 7.96. The minimum atomic E-state index is -0.183. The number of hydrogen-bond acceptors (Lipinski definition) is 6. The van der Waals surface area contributed by atoms with Crippen molar-refractivity contribution in [3.63, 3.8) is 0 Å². The maximum absolute atomic E-state index is 13.6. The first-order valence-corrected chi connectivity index (χ1v) is 13.0. The lowest BCUT2D eigenvalue weighted by Gasteiger charge is -2.31. The van der Waals surface area contributed by atoms with Gasteiger partial charge in [-0.05, 0) is 35.9 Å². The van der Waals surface area contributed by atoms with Gasteiger partial charge in [-0.2, -0.15) is 10.5 Å². The van der Waals surface area contributed by atoms with Crippen molar-refractivity contribution in [3.05, 3.63) is 88.9 Å². The molecule has 3 aromatic carbocycles. The lowest BCUT2D eigenvalue weighted by atomic mass is 9.97. The van der Waals surface area contributed by atoms with Crippen LogP contribution in [0.15, 0.2) is 87.6 Å². The summed E-state index contributed by atoms with van der Waals surface area (Å²) >= 11 is 9.03. The molecular formula is C27H17ClN5OS2+. The molecule has 3 N–H and O–H groups in total. The van der Waals surface area contributed by atoms with Crippen molar-refractivity contribution >= 4 is 58.2 Å². The highest BCUT2D eigenvalue weighted by Gasteiger charge is 2.30. The molecule has 0 spiro atoms. The van der Waals surface area contributed by atoms with Crippen LogP contribution < -0.4 is 15.6 Å². The number of nitrogens with zero attached hydrogens (tertiary/aromatic N) is 3. The van der Waals surface area contributed by atoms with Gasteiger partial charge in [-0.25, -0.2) is 4.98 Å². The van der Waals surface area contributed by atoms with Crippen LogP contribution in [0.3, 0.4) is 0 Å². The van der Waals surface area contributed by atoms with Crippen LogP contribution in [0.2, 0.25) is 5.02 Å². The SMILES string of the molecule is N#Cc1c(N)[nH+]c(SCC(=O)N2c3ccccc3Sc3ccc(Cl)cc32)c(C#N)c1-c1ccccc1. The number of hydrogen-bond donors (Lipinski definition) is 1. The number of nitriles is 2. The molecule has 1 aromatic heterocycles. The Morgan fingerprint density at radius 1 is 0.972 bits per heavy atom. The van der Waals surface area contributed by atoms with Gasteiger partial charge < -0.3 is 0 Å². The summed E-state index contributed by atoms with van der Waals surface area (Å²) in [6.45, 7) is 0. The van der Waals surface area contributed by atoms with Gasteiger partial charge in [0.25, 0.3) is 5.82 Å². The summed E-state index contributed by atoms with van der Waals surface area (Å²) in [5.41, 5.74) is 9.27. The van der Waals surface area contributed by atoms with Gasteiger partial charge in [0.05, 0.1) is 17.1 Å². The molecule has 0 saturated carbocycles. The first-order chi connectivity index (χ1) is 17.5. The number of para-hydroxylation sites is 1. The molecule has 1 aliphatic heterocycles. The number of nitrogens with one attached hydrogen (secondary N) is 1. The highest BCUT2D eigenvalue weighted by molar-refractivity contribution is 8.00. The summed E-state index contributed by atoms with van der Waals surface area (Å²) < 4.78 is 0. The van der Waals surface area contributed by atoms with Gasteiger partial charge in [-0.1, -0.05) is 77.6 Å². The van der Waals surface area contributed by atoms with Crippen molar-refractivity contribution in [2.45, 2.75) is 14.8 Å². The summed E-state index contributed by atoms with van der Waals surface area (Å²) in [6.07, 6.45) is 0. The molecule has 0 radical (unpaired) electrons.